The lowest BCUT2D eigenvalue weighted by Crippen LogP contribution is -2.09. The van der Waals surface area contributed by atoms with E-state index < -0.39 is 0 Å². The van der Waals surface area contributed by atoms with Crippen LogP contribution in [0.25, 0.3) is 0 Å². The summed E-state index contributed by atoms with van der Waals surface area (Å²) in [6.07, 6.45) is 0.456. The monoisotopic (exact) mass is 204 g/mol. The van der Waals surface area contributed by atoms with Crippen LogP contribution in [0.1, 0.15) is 41.3 Å². The fourth-order valence-electron chi connectivity index (χ4n) is 1.45. The molecule has 2 heteroatoms. The van der Waals surface area contributed by atoms with Crippen molar-refractivity contribution in [3.05, 3.63) is 34.9 Å². The fraction of sp³-hybridized carbons (Fsp3) is 0.385. The zero-order chi connectivity index (χ0) is 11.4. The topological polar surface area (TPSA) is 34.1 Å². The van der Waals surface area contributed by atoms with Gasteiger partial charge < -0.3 is 0 Å². The number of carbonyl (C=O) groups excluding carboxylic acids is 2. The van der Waals surface area contributed by atoms with Crippen molar-refractivity contribution in [3.8, 4) is 0 Å². The summed E-state index contributed by atoms with van der Waals surface area (Å²) in [6, 6.07) is 5.60. The number of benzene rings is 1. The Hall–Kier alpha value is -1.44. The highest BCUT2D eigenvalue weighted by molar-refractivity contribution is 6.08. The third kappa shape index (κ3) is 2.75. The van der Waals surface area contributed by atoms with Gasteiger partial charge in [0.15, 0.2) is 5.78 Å². The standard InChI is InChI=1S/C13H16O2/c1-4-11(14)8-13(15)12-7-5-6-9(2)10(12)3/h5-7H,4,8H2,1-3H3. The van der Waals surface area contributed by atoms with Crippen LogP contribution in [0.2, 0.25) is 0 Å². The molecule has 0 spiro atoms. The van der Waals surface area contributed by atoms with Gasteiger partial charge in [-0.15, -0.1) is 0 Å². The van der Waals surface area contributed by atoms with E-state index in [9.17, 15) is 9.59 Å². The van der Waals surface area contributed by atoms with Crippen LogP contribution in [0.3, 0.4) is 0 Å². The van der Waals surface area contributed by atoms with Crippen molar-refractivity contribution in [2.24, 2.45) is 0 Å². The van der Waals surface area contributed by atoms with Crippen LogP contribution >= 0.6 is 0 Å². The zero-order valence-electron chi connectivity index (χ0n) is 9.46. The molecule has 15 heavy (non-hydrogen) atoms. The first-order chi connectivity index (χ1) is 7.06. The maximum absolute atomic E-state index is 11.8. The molecule has 80 valence electrons. The first kappa shape index (κ1) is 11.6. The van der Waals surface area contributed by atoms with E-state index in [4.69, 9.17) is 0 Å². The molecule has 1 aromatic carbocycles. The molecule has 0 N–H and O–H groups in total. The second kappa shape index (κ2) is 4.87. The molecule has 0 radical (unpaired) electrons. The molecule has 0 aliphatic rings. The van der Waals surface area contributed by atoms with Crippen LogP contribution in [-0.4, -0.2) is 11.6 Å². The second-order valence-corrected chi connectivity index (χ2v) is 3.74. The third-order valence-electron chi connectivity index (χ3n) is 2.66. The number of hydrogen-bond donors (Lipinski definition) is 0. The van der Waals surface area contributed by atoms with Crippen molar-refractivity contribution in [1.82, 2.24) is 0 Å². The van der Waals surface area contributed by atoms with E-state index in [2.05, 4.69) is 0 Å². The van der Waals surface area contributed by atoms with Gasteiger partial charge in [0, 0.05) is 12.0 Å². The molecule has 0 aliphatic heterocycles. The van der Waals surface area contributed by atoms with Crippen LogP contribution in [0.15, 0.2) is 18.2 Å². The number of ketones is 2. The quantitative estimate of drug-likeness (QED) is 0.558. The zero-order valence-corrected chi connectivity index (χ0v) is 9.46. The summed E-state index contributed by atoms with van der Waals surface area (Å²) in [7, 11) is 0. The lowest BCUT2D eigenvalue weighted by molar-refractivity contribution is -0.117. The Morgan fingerprint density at radius 3 is 2.47 bits per heavy atom. The minimum Gasteiger partial charge on any atom is -0.299 e. The highest BCUT2D eigenvalue weighted by Crippen LogP contribution is 2.14. The molecule has 0 bridgehead atoms. The molecule has 0 aromatic heterocycles. The minimum atomic E-state index is -0.0666. The van der Waals surface area contributed by atoms with Crippen LogP contribution in [0.5, 0.6) is 0 Å². The number of carbonyl (C=O) groups is 2. The van der Waals surface area contributed by atoms with E-state index in [1.165, 1.54) is 0 Å². The summed E-state index contributed by atoms with van der Waals surface area (Å²) < 4.78 is 0. The third-order valence-corrected chi connectivity index (χ3v) is 2.66. The molecule has 0 unspecified atom stereocenters. The predicted octanol–water partition coefficient (Wildman–Crippen LogP) is 2.86. The average molecular weight is 204 g/mol. The lowest BCUT2D eigenvalue weighted by atomic mass is 9.97. The molecule has 0 atom stereocenters. The molecular weight excluding hydrogens is 188 g/mol. The lowest BCUT2D eigenvalue weighted by Gasteiger charge is -2.06. The van der Waals surface area contributed by atoms with Gasteiger partial charge in [0.2, 0.25) is 0 Å². The summed E-state index contributed by atoms with van der Waals surface area (Å²) >= 11 is 0. The van der Waals surface area contributed by atoms with Crippen molar-refractivity contribution in [3.63, 3.8) is 0 Å². The largest absolute Gasteiger partial charge is 0.299 e. The van der Waals surface area contributed by atoms with Gasteiger partial charge in [-0.25, -0.2) is 0 Å². The van der Waals surface area contributed by atoms with E-state index in [1.807, 2.05) is 26.0 Å². The van der Waals surface area contributed by atoms with Gasteiger partial charge in [0.1, 0.15) is 5.78 Å². The van der Waals surface area contributed by atoms with Crippen molar-refractivity contribution in [2.45, 2.75) is 33.6 Å². The van der Waals surface area contributed by atoms with E-state index in [-0.39, 0.29) is 18.0 Å². The van der Waals surface area contributed by atoms with Crippen LogP contribution in [0.4, 0.5) is 0 Å². The van der Waals surface area contributed by atoms with Crippen LogP contribution in [-0.2, 0) is 4.79 Å². The fourth-order valence-corrected chi connectivity index (χ4v) is 1.45. The van der Waals surface area contributed by atoms with Crippen LogP contribution < -0.4 is 0 Å². The Morgan fingerprint density at radius 2 is 1.87 bits per heavy atom. The van der Waals surface area contributed by atoms with Crippen LogP contribution in [0, 0.1) is 13.8 Å². The Labute approximate surface area is 90.3 Å². The first-order valence-electron chi connectivity index (χ1n) is 5.17. The Bertz CT molecular complexity index is 392. The highest BCUT2D eigenvalue weighted by atomic mass is 16.1. The molecule has 1 rings (SSSR count). The SMILES string of the molecule is CCC(=O)CC(=O)c1cccc(C)c1C. The van der Waals surface area contributed by atoms with E-state index in [1.54, 1.807) is 13.0 Å². The van der Waals surface area contributed by atoms with Gasteiger partial charge >= 0.3 is 0 Å². The minimum absolute atomic E-state index is 0.000839. The maximum Gasteiger partial charge on any atom is 0.170 e. The van der Waals surface area contributed by atoms with E-state index in [0.717, 1.165) is 11.1 Å². The molecular formula is C13H16O2. The normalized spacial score (nSPS) is 10.1. The van der Waals surface area contributed by atoms with E-state index >= 15 is 0 Å². The smallest absolute Gasteiger partial charge is 0.170 e. The van der Waals surface area contributed by atoms with Crippen molar-refractivity contribution >= 4 is 11.6 Å². The van der Waals surface area contributed by atoms with Crippen molar-refractivity contribution in [2.75, 3.05) is 0 Å². The van der Waals surface area contributed by atoms with Gasteiger partial charge in [-0.2, -0.15) is 0 Å². The highest BCUT2D eigenvalue weighted by Gasteiger charge is 2.13. The molecule has 0 saturated carbocycles. The van der Waals surface area contributed by atoms with Gasteiger partial charge in [-0.3, -0.25) is 9.59 Å². The molecule has 0 amide bonds. The maximum atomic E-state index is 11.8. The molecule has 0 fully saturated rings. The second-order valence-electron chi connectivity index (χ2n) is 3.74. The van der Waals surface area contributed by atoms with Gasteiger partial charge in [-0.05, 0) is 25.0 Å². The van der Waals surface area contributed by atoms with E-state index in [0.29, 0.717) is 12.0 Å². The molecule has 0 aliphatic carbocycles. The van der Waals surface area contributed by atoms with Crippen molar-refractivity contribution < 1.29 is 9.59 Å². The van der Waals surface area contributed by atoms with Gasteiger partial charge in [0.05, 0.1) is 6.42 Å². The van der Waals surface area contributed by atoms with Gasteiger partial charge in [0.25, 0.3) is 0 Å². The number of aryl methyl sites for hydroxylation is 1. The molecule has 2 nitrogen and oxygen atoms in total. The summed E-state index contributed by atoms with van der Waals surface area (Å²) in [5.74, 6) is -0.0658. The van der Waals surface area contributed by atoms with Gasteiger partial charge in [-0.1, -0.05) is 25.1 Å². The first-order valence-corrected chi connectivity index (χ1v) is 5.17. The number of rotatable bonds is 4. The Morgan fingerprint density at radius 1 is 1.20 bits per heavy atom. The Kier molecular flexibility index (Phi) is 3.78. The molecule has 0 saturated heterocycles. The number of Topliss-reactive ketones (excluding diaryl/α,β-unsaturated/α-hetero) is 2. The summed E-state index contributed by atoms with van der Waals surface area (Å²) in [5.41, 5.74) is 2.74. The number of hydrogen-bond acceptors (Lipinski definition) is 2. The summed E-state index contributed by atoms with van der Waals surface area (Å²) in [5, 5.41) is 0. The predicted molar refractivity (Wildman–Crippen MR) is 60.2 cm³/mol. The van der Waals surface area contributed by atoms with Crippen molar-refractivity contribution in [1.29, 1.82) is 0 Å². The Balaban J connectivity index is 2.92. The summed E-state index contributed by atoms with van der Waals surface area (Å²) in [6.45, 7) is 5.66. The molecule has 0 heterocycles. The average Bonchev–Trinajstić information content (AvgIpc) is 2.21. The molecule has 1 aromatic rings. The summed E-state index contributed by atoms with van der Waals surface area (Å²) in [4.78, 5) is 22.9.